The second kappa shape index (κ2) is 7.83. The molecule has 8 heteroatoms. The lowest BCUT2D eigenvalue weighted by Gasteiger charge is -2.09. The Morgan fingerprint density at radius 1 is 1.08 bits per heavy atom. The van der Waals surface area contributed by atoms with Gasteiger partial charge in [0, 0.05) is 17.8 Å². The number of fused-ring (bicyclic) bond motifs is 1. The molecule has 26 heavy (non-hydrogen) atoms. The van der Waals surface area contributed by atoms with Crippen molar-refractivity contribution in [2.24, 2.45) is 0 Å². The van der Waals surface area contributed by atoms with Gasteiger partial charge in [0.1, 0.15) is 11.3 Å². The van der Waals surface area contributed by atoms with Crippen LogP contribution in [0.15, 0.2) is 42.6 Å². The number of ketones is 1. The van der Waals surface area contributed by atoms with E-state index in [1.807, 2.05) is 25.1 Å². The first-order chi connectivity index (χ1) is 12.5. The minimum Gasteiger partial charge on any atom is -0.363 e. The molecule has 0 atom stereocenters. The molecule has 0 aliphatic rings. The standard InChI is InChI=1S/C18H18N6OS/c1-3-19-18(26)24-15-9-8-14-17(22-15)23-16(10-20-14)21-13-6-4-12(5-7-13)11(2)25/h4-10H,3H2,1-2H3,(H3,19,21,22,23,24,26). The van der Waals surface area contributed by atoms with Gasteiger partial charge in [-0.3, -0.25) is 4.79 Å². The molecule has 7 nitrogen and oxygen atoms in total. The smallest absolute Gasteiger partial charge is 0.182 e. The van der Waals surface area contributed by atoms with E-state index in [4.69, 9.17) is 12.2 Å². The molecule has 2 heterocycles. The second-order valence-corrected chi connectivity index (χ2v) is 5.95. The first kappa shape index (κ1) is 17.7. The van der Waals surface area contributed by atoms with E-state index in [9.17, 15) is 4.79 Å². The van der Waals surface area contributed by atoms with Crippen molar-refractivity contribution < 1.29 is 4.79 Å². The van der Waals surface area contributed by atoms with Gasteiger partial charge in [-0.1, -0.05) is 0 Å². The average molecular weight is 366 g/mol. The Labute approximate surface area is 156 Å². The van der Waals surface area contributed by atoms with Crippen molar-refractivity contribution in [1.82, 2.24) is 20.3 Å². The molecule has 0 unspecified atom stereocenters. The Kier molecular flexibility index (Phi) is 5.33. The Bertz CT molecular complexity index is 958. The first-order valence-corrected chi connectivity index (χ1v) is 8.52. The molecule has 0 bridgehead atoms. The third kappa shape index (κ3) is 4.28. The number of nitrogens with one attached hydrogen (secondary N) is 3. The number of nitrogens with zero attached hydrogens (tertiary/aromatic N) is 3. The molecule has 3 aromatic rings. The van der Waals surface area contributed by atoms with Gasteiger partial charge in [0.2, 0.25) is 0 Å². The number of carbonyl (C=O) groups is 1. The van der Waals surface area contributed by atoms with Crippen molar-refractivity contribution in [3.63, 3.8) is 0 Å². The molecule has 1 aromatic carbocycles. The molecule has 2 aromatic heterocycles. The van der Waals surface area contributed by atoms with Crippen molar-refractivity contribution in [3.8, 4) is 0 Å². The van der Waals surface area contributed by atoms with E-state index in [-0.39, 0.29) is 5.78 Å². The zero-order valence-corrected chi connectivity index (χ0v) is 15.2. The summed E-state index contributed by atoms with van der Waals surface area (Å²) in [6.45, 7) is 4.24. The summed E-state index contributed by atoms with van der Waals surface area (Å²) in [6, 6.07) is 10.8. The minimum absolute atomic E-state index is 0.0294. The quantitative estimate of drug-likeness (QED) is 0.468. The molecular weight excluding hydrogens is 348 g/mol. The second-order valence-electron chi connectivity index (χ2n) is 5.54. The van der Waals surface area contributed by atoms with Gasteiger partial charge in [0.25, 0.3) is 0 Å². The van der Waals surface area contributed by atoms with Crippen LogP contribution in [0.2, 0.25) is 0 Å². The van der Waals surface area contributed by atoms with E-state index in [1.165, 1.54) is 6.92 Å². The number of rotatable bonds is 5. The monoisotopic (exact) mass is 366 g/mol. The molecule has 0 fully saturated rings. The van der Waals surface area contributed by atoms with E-state index in [1.54, 1.807) is 24.4 Å². The number of benzene rings is 1. The highest BCUT2D eigenvalue weighted by atomic mass is 32.1. The zero-order chi connectivity index (χ0) is 18.5. The topological polar surface area (TPSA) is 91.8 Å². The van der Waals surface area contributed by atoms with Crippen LogP contribution in [-0.2, 0) is 0 Å². The van der Waals surface area contributed by atoms with Gasteiger partial charge in [-0.2, -0.15) is 0 Å². The van der Waals surface area contributed by atoms with Crippen molar-refractivity contribution in [2.45, 2.75) is 13.8 Å². The average Bonchev–Trinajstić information content (AvgIpc) is 2.62. The lowest BCUT2D eigenvalue weighted by Crippen LogP contribution is -2.28. The molecule has 0 saturated carbocycles. The van der Waals surface area contributed by atoms with Gasteiger partial charge in [-0.05, 0) is 62.5 Å². The van der Waals surface area contributed by atoms with Gasteiger partial charge in [-0.15, -0.1) is 0 Å². The van der Waals surface area contributed by atoms with Crippen LogP contribution in [0.5, 0.6) is 0 Å². The number of pyridine rings is 1. The number of hydrogen-bond donors (Lipinski definition) is 3. The number of Topliss-reactive ketones (excluding diaryl/α,β-unsaturated/α-hetero) is 1. The summed E-state index contributed by atoms with van der Waals surface area (Å²) in [4.78, 5) is 24.6. The third-order valence-corrected chi connectivity index (χ3v) is 3.80. The summed E-state index contributed by atoms with van der Waals surface area (Å²) in [6.07, 6.45) is 1.64. The van der Waals surface area contributed by atoms with Gasteiger partial charge in [0.15, 0.2) is 22.4 Å². The molecule has 3 rings (SSSR count). The molecule has 0 amide bonds. The summed E-state index contributed by atoms with van der Waals surface area (Å²) < 4.78 is 0. The molecule has 0 aliphatic carbocycles. The third-order valence-electron chi connectivity index (χ3n) is 3.55. The highest BCUT2D eigenvalue weighted by Crippen LogP contribution is 2.18. The molecule has 0 radical (unpaired) electrons. The minimum atomic E-state index is 0.0294. The van der Waals surface area contributed by atoms with Crippen molar-refractivity contribution in [1.29, 1.82) is 0 Å². The fourth-order valence-electron chi connectivity index (χ4n) is 2.28. The summed E-state index contributed by atoms with van der Waals surface area (Å²) in [5, 5.41) is 9.68. The van der Waals surface area contributed by atoms with E-state index < -0.39 is 0 Å². The molecule has 132 valence electrons. The largest absolute Gasteiger partial charge is 0.363 e. The van der Waals surface area contributed by atoms with Crippen LogP contribution >= 0.6 is 12.2 Å². The normalized spacial score (nSPS) is 10.4. The van der Waals surface area contributed by atoms with Crippen molar-refractivity contribution >= 4 is 51.6 Å². The highest BCUT2D eigenvalue weighted by molar-refractivity contribution is 7.80. The summed E-state index contributed by atoms with van der Waals surface area (Å²) in [5.74, 6) is 1.19. The molecular formula is C18H18N6OS. The van der Waals surface area contributed by atoms with Crippen molar-refractivity contribution in [3.05, 3.63) is 48.2 Å². The maximum absolute atomic E-state index is 11.3. The summed E-state index contributed by atoms with van der Waals surface area (Å²) in [5.41, 5.74) is 2.66. The Morgan fingerprint density at radius 2 is 1.81 bits per heavy atom. The predicted octanol–water partition coefficient (Wildman–Crippen LogP) is 3.28. The number of carbonyl (C=O) groups excluding carboxylic acids is 1. The van der Waals surface area contributed by atoms with Crippen LogP contribution in [-0.4, -0.2) is 32.4 Å². The molecule has 0 saturated heterocycles. The molecule has 0 aliphatic heterocycles. The van der Waals surface area contributed by atoms with E-state index in [0.717, 1.165) is 12.2 Å². The molecule has 3 N–H and O–H groups in total. The number of hydrogen-bond acceptors (Lipinski definition) is 6. The van der Waals surface area contributed by atoms with Crippen molar-refractivity contribution in [2.75, 3.05) is 17.2 Å². The van der Waals surface area contributed by atoms with Gasteiger partial charge >= 0.3 is 0 Å². The maximum Gasteiger partial charge on any atom is 0.182 e. The zero-order valence-electron chi connectivity index (χ0n) is 14.4. The van der Waals surface area contributed by atoms with E-state index in [2.05, 4.69) is 30.9 Å². The lowest BCUT2D eigenvalue weighted by atomic mass is 10.1. The number of anilines is 3. The highest BCUT2D eigenvalue weighted by Gasteiger charge is 2.05. The Hall–Kier alpha value is -3.13. The van der Waals surface area contributed by atoms with Crippen LogP contribution in [0.1, 0.15) is 24.2 Å². The van der Waals surface area contributed by atoms with E-state index in [0.29, 0.717) is 33.5 Å². The van der Waals surface area contributed by atoms with Crippen LogP contribution in [0.25, 0.3) is 11.2 Å². The fraction of sp³-hybridized carbons (Fsp3) is 0.167. The number of thiocarbonyl (C=S) groups is 1. The molecule has 0 spiro atoms. The SMILES string of the molecule is CCNC(=S)Nc1ccc2ncc(Nc3ccc(C(C)=O)cc3)nc2n1. The Morgan fingerprint density at radius 3 is 2.50 bits per heavy atom. The van der Waals surface area contributed by atoms with Crippen LogP contribution in [0.3, 0.4) is 0 Å². The van der Waals surface area contributed by atoms with Crippen LogP contribution in [0.4, 0.5) is 17.3 Å². The van der Waals surface area contributed by atoms with Gasteiger partial charge < -0.3 is 16.0 Å². The van der Waals surface area contributed by atoms with Crippen LogP contribution in [0, 0.1) is 0 Å². The Balaban J connectivity index is 1.80. The summed E-state index contributed by atoms with van der Waals surface area (Å²) >= 11 is 5.16. The number of aromatic nitrogens is 3. The fourth-order valence-corrected chi connectivity index (χ4v) is 2.53. The predicted molar refractivity (Wildman–Crippen MR) is 107 cm³/mol. The van der Waals surface area contributed by atoms with Gasteiger partial charge in [0.05, 0.1) is 6.20 Å². The van der Waals surface area contributed by atoms with Crippen LogP contribution < -0.4 is 16.0 Å². The summed E-state index contributed by atoms with van der Waals surface area (Å²) in [7, 11) is 0. The maximum atomic E-state index is 11.3. The van der Waals surface area contributed by atoms with Gasteiger partial charge in [-0.25, -0.2) is 15.0 Å². The van der Waals surface area contributed by atoms with E-state index >= 15 is 0 Å². The first-order valence-electron chi connectivity index (χ1n) is 8.12. The lowest BCUT2D eigenvalue weighted by molar-refractivity contribution is 0.101.